The molecular formula is C20H18O5. The first-order valence-corrected chi connectivity index (χ1v) is 8.47. The number of carboxylic acid groups (broad SMARTS) is 1. The maximum Gasteiger partial charge on any atom is 0.307 e. The fraction of sp³-hybridized carbons (Fsp3) is 0.300. The standard InChI is InChI=1S/C20H18O5/c21-11-5-7-15-17(9-11)25-18-10-12(22)6-8-16(18)19(15)13-3-1-2-4-14(13)20(23)24/h5-10,13-14,21H,1-4H2,(H,23,24)/t13-,14-/m1/s1. The Morgan fingerprint density at radius 2 is 1.88 bits per heavy atom. The molecule has 1 saturated carbocycles. The molecule has 2 atom stereocenters. The molecule has 128 valence electrons. The van der Waals surface area contributed by atoms with Crippen molar-refractivity contribution in [3.8, 4) is 17.1 Å². The lowest BCUT2D eigenvalue weighted by atomic mass is 9.73. The second-order valence-electron chi connectivity index (χ2n) is 6.69. The van der Waals surface area contributed by atoms with E-state index in [1.54, 1.807) is 18.2 Å². The van der Waals surface area contributed by atoms with Gasteiger partial charge in [0.15, 0.2) is 5.43 Å². The topological polar surface area (TPSA) is 87.7 Å². The highest BCUT2D eigenvalue weighted by molar-refractivity contribution is 5.90. The number of phenols is 1. The van der Waals surface area contributed by atoms with E-state index in [-0.39, 0.29) is 17.1 Å². The van der Waals surface area contributed by atoms with Crippen LogP contribution in [0.25, 0.3) is 22.3 Å². The molecule has 5 heteroatoms. The van der Waals surface area contributed by atoms with Crippen molar-refractivity contribution in [2.24, 2.45) is 5.92 Å². The number of rotatable bonds is 2. The first kappa shape index (κ1) is 15.7. The van der Waals surface area contributed by atoms with Gasteiger partial charge in [-0.1, -0.05) is 12.8 Å². The Balaban J connectivity index is 2.05. The van der Waals surface area contributed by atoms with Crippen molar-refractivity contribution in [3.05, 3.63) is 52.2 Å². The number of hydrogen-bond donors (Lipinski definition) is 2. The molecule has 1 fully saturated rings. The molecule has 0 spiro atoms. The number of carboxylic acids is 1. The Morgan fingerprint density at radius 1 is 1.08 bits per heavy atom. The SMILES string of the molecule is O=C(O)[C@@H]1CCCC[C@H]1c1c2ccc(=O)cc-2oc2cc(O)ccc12. The van der Waals surface area contributed by atoms with Gasteiger partial charge in [0, 0.05) is 23.1 Å². The van der Waals surface area contributed by atoms with Crippen molar-refractivity contribution in [2.45, 2.75) is 31.6 Å². The summed E-state index contributed by atoms with van der Waals surface area (Å²) in [5, 5.41) is 20.3. The van der Waals surface area contributed by atoms with Gasteiger partial charge in [-0.2, -0.15) is 0 Å². The molecule has 0 unspecified atom stereocenters. The number of phenolic OH excluding ortho intramolecular Hbond substituents is 1. The lowest BCUT2D eigenvalue weighted by Gasteiger charge is -2.31. The summed E-state index contributed by atoms with van der Waals surface area (Å²) in [7, 11) is 0. The molecule has 0 radical (unpaired) electrons. The van der Waals surface area contributed by atoms with E-state index < -0.39 is 11.9 Å². The Morgan fingerprint density at radius 3 is 2.68 bits per heavy atom. The van der Waals surface area contributed by atoms with Crippen LogP contribution < -0.4 is 5.43 Å². The van der Waals surface area contributed by atoms with Crippen LogP contribution in [0.5, 0.6) is 5.75 Å². The van der Waals surface area contributed by atoms with Gasteiger partial charge in [0.2, 0.25) is 0 Å². The van der Waals surface area contributed by atoms with E-state index in [1.165, 1.54) is 18.2 Å². The lowest BCUT2D eigenvalue weighted by Crippen LogP contribution is -2.26. The first-order valence-electron chi connectivity index (χ1n) is 8.47. The van der Waals surface area contributed by atoms with Gasteiger partial charge in [0.1, 0.15) is 17.1 Å². The van der Waals surface area contributed by atoms with Crippen molar-refractivity contribution >= 4 is 16.9 Å². The summed E-state index contributed by atoms with van der Waals surface area (Å²) in [6.45, 7) is 0. The molecular weight excluding hydrogens is 320 g/mol. The zero-order valence-corrected chi connectivity index (χ0v) is 13.6. The minimum absolute atomic E-state index is 0.0678. The second kappa shape index (κ2) is 5.92. The van der Waals surface area contributed by atoms with Crippen LogP contribution in [0, 0.1) is 5.92 Å². The molecule has 2 N–H and O–H groups in total. The van der Waals surface area contributed by atoms with E-state index in [9.17, 15) is 19.8 Å². The summed E-state index contributed by atoms with van der Waals surface area (Å²) in [5.41, 5.74) is 1.97. The average molecular weight is 338 g/mol. The zero-order valence-electron chi connectivity index (χ0n) is 13.6. The molecule has 1 aromatic rings. The van der Waals surface area contributed by atoms with E-state index >= 15 is 0 Å². The normalized spacial score (nSPS) is 20.8. The fourth-order valence-electron chi connectivity index (χ4n) is 4.06. The smallest absolute Gasteiger partial charge is 0.307 e. The van der Waals surface area contributed by atoms with Gasteiger partial charge in [0.25, 0.3) is 0 Å². The number of aromatic hydroxyl groups is 1. The van der Waals surface area contributed by atoms with Crippen LogP contribution in [0.4, 0.5) is 0 Å². The molecule has 1 heterocycles. The third kappa shape index (κ3) is 2.65. The molecule has 0 bridgehead atoms. The number of carbonyl (C=O) groups is 1. The van der Waals surface area contributed by atoms with Crippen molar-refractivity contribution in [1.29, 1.82) is 0 Å². The Bertz CT molecular complexity index is 987. The molecule has 3 aliphatic rings. The van der Waals surface area contributed by atoms with E-state index in [0.29, 0.717) is 17.8 Å². The van der Waals surface area contributed by atoms with E-state index in [4.69, 9.17) is 4.42 Å². The lowest BCUT2D eigenvalue weighted by molar-refractivity contribution is -0.143. The molecule has 0 amide bonds. The number of hydrogen-bond acceptors (Lipinski definition) is 4. The van der Waals surface area contributed by atoms with Gasteiger partial charge in [-0.3, -0.25) is 9.59 Å². The zero-order chi connectivity index (χ0) is 17.6. The number of benzene rings is 2. The minimum Gasteiger partial charge on any atom is -0.508 e. The van der Waals surface area contributed by atoms with E-state index in [0.717, 1.165) is 35.8 Å². The molecule has 1 aromatic carbocycles. The monoisotopic (exact) mass is 338 g/mol. The van der Waals surface area contributed by atoms with Crippen LogP contribution in [0.2, 0.25) is 0 Å². The van der Waals surface area contributed by atoms with Gasteiger partial charge in [-0.05, 0) is 48.6 Å². The summed E-state index contributed by atoms with van der Waals surface area (Å²) in [4.78, 5) is 23.5. The van der Waals surface area contributed by atoms with Crippen LogP contribution in [0.1, 0.15) is 37.2 Å². The Labute approximate surface area is 143 Å². The third-order valence-electron chi connectivity index (χ3n) is 5.17. The van der Waals surface area contributed by atoms with Crippen LogP contribution in [-0.4, -0.2) is 16.2 Å². The predicted octanol–water partition coefficient (Wildman–Crippen LogP) is 3.96. The fourth-order valence-corrected chi connectivity index (χ4v) is 4.06. The maximum atomic E-state index is 11.8. The Hall–Kier alpha value is -2.82. The highest BCUT2D eigenvalue weighted by Crippen LogP contribution is 2.46. The predicted molar refractivity (Wildman–Crippen MR) is 93.1 cm³/mol. The highest BCUT2D eigenvalue weighted by Gasteiger charge is 2.35. The number of fused-ring (bicyclic) bond motifs is 2. The molecule has 25 heavy (non-hydrogen) atoms. The van der Waals surface area contributed by atoms with Crippen LogP contribution in [0.15, 0.2) is 45.6 Å². The maximum absolute atomic E-state index is 11.8. The van der Waals surface area contributed by atoms with Crippen LogP contribution in [0.3, 0.4) is 0 Å². The highest BCUT2D eigenvalue weighted by atomic mass is 16.4. The van der Waals surface area contributed by atoms with E-state index in [1.807, 2.05) is 0 Å². The summed E-state index contributed by atoms with van der Waals surface area (Å²) < 4.78 is 5.83. The Kier molecular flexibility index (Phi) is 3.71. The average Bonchev–Trinajstić information content (AvgIpc) is 2.59. The van der Waals surface area contributed by atoms with Gasteiger partial charge in [0.05, 0.1) is 5.92 Å². The molecule has 4 rings (SSSR count). The summed E-state index contributed by atoms with van der Waals surface area (Å²) in [5.74, 6) is -0.891. The second-order valence-corrected chi connectivity index (χ2v) is 6.69. The summed E-state index contributed by atoms with van der Waals surface area (Å²) >= 11 is 0. The molecule has 0 aromatic heterocycles. The van der Waals surface area contributed by atoms with Crippen molar-refractivity contribution < 1.29 is 19.4 Å². The van der Waals surface area contributed by atoms with Crippen molar-refractivity contribution in [1.82, 2.24) is 0 Å². The number of aliphatic carboxylic acids is 1. The summed E-state index contributed by atoms with van der Waals surface area (Å²) in [6.07, 6.45) is 3.31. The van der Waals surface area contributed by atoms with Gasteiger partial charge < -0.3 is 14.6 Å². The summed E-state index contributed by atoms with van der Waals surface area (Å²) in [6, 6.07) is 9.47. The quantitative estimate of drug-likeness (QED) is 0.691. The first-order chi connectivity index (χ1) is 12.0. The molecule has 2 aliphatic carbocycles. The van der Waals surface area contributed by atoms with Crippen molar-refractivity contribution in [2.75, 3.05) is 0 Å². The minimum atomic E-state index is -0.786. The van der Waals surface area contributed by atoms with Crippen LogP contribution >= 0.6 is 0 Å². The van der Waals surface area contributed by atoms with Gasteiger partial charge >= 0.3 is 5.97 Å². The molecule has 5 nitrogen and oxygen atoms in total. The largest absolute Gasteiger partial charge is 0.508 e. The molecule has 1 aliphatic heterocycles. The third-order valence-corrected chi connectivity index (χ3v) is 5.17. The van der Waals surface area contributed by atoms with Gasteiger partial charge in [-0.25, -0.2) is 0 Å². The van der Waals surface area contributed by atoms with Crippen LogP contribution in [-0.2, 0) is 4.79 Å². The molecule has 0 saturated heterocycles. The van der Waals surface area contributed by atoms with Crippen molar-refractivity contribution in [3.63, 3.8) is 0 Å². The van der Waals surface area contributed by atoms with E-state index in [2.05, 4.69) is 0 Å². The van der Waals surface area contributed by atoms with Gasteiger partial charge in [-0.15, -0.1) is 0 Å².